The molecule has 0 bridgehead atoms. The molecule has 0 saturated carbocycles. The first-order chi connectivity index (χ1) is 9.06. The van der Waals surface area contributed by atoms with E-state index in [0.29, 0.717) is 6.54 Å². The molecule has 0 aromatic heterocycles. The molecule has 100 valence electrons. The highest BCUT2D eigenvalue weighted by Gasteiger charge is 2.31. The first-order valence-electron chi connectivity index (χ1n) is 5.54. The van der Waals surface area contributed by atoms with Crippen LogP contribution in [0.2, 0.25) is 0 Å². The molecule has 1 aromatic carbocycles. The Bertz CT molecular complexity index is 544. The molecule has 1 heterocycles. The molecule has 0 fully saturated rings. The molecule has 19 heavy (non-hydrogen) atoms. The summed E-state index contributed by atoms with van der Waals surface area (Å²) < 4.78 is 0.924. The van der Waals surface area contributed by atoms with Crippen molar-refractivity contribution in [2.45, 2.75) is 19.1 Å². The van der Waals surface area contributed by atoms with Crippen LogP contribution in [-0.4, -0.2) is 28.8 Å². The highest BCUT2D eigenvalue weighted by Crippen LogP contribution is 2.13. The van der Waals surface area contributed by atoms with Gasteiger partial charge >= 0.3 is 5.97 Å². The summed E-state index contributed by atoms with van der Waals surface area (Å²) in [5, 5.41) is 14.7. The van der Waals surface area contributed by atoms with Crippen LogP contribution in [0.4, 0.5) is 0 Å². The van der Waals surface area contributed by atoms with Crippen molar-refractivity contribution in [1.82, 2.24) is 5.32 Å². The van der Waals surface area contributed by atoms with Crippen LogP contribution in [0.5, 0.6) is 0 Å². The van der Waals surface area contributed by atoms with E-state index in [1.54, 1.807) is 0 Å². The van der Waals surface area contributed by atoms with Crippen molar-refractivity contribution < 1.29 is 19.5 Å². The predicted molar refractivity (Wildman–Crippen MR) is 70.5 cm³/mol. The molecule has 1 aliphatic rings. The average molecular weight is 327 g/mol. The van der Waals surface area contributed by atoms with E-state index in [-0.39, 0.29) is 18.0 Å². The Morgan fingerprint density at radius 2 is 2.32 bits per heavy atom. The quantitative estimate of drug-likeness (QED) is 0.872. The van der Waals surface area contributed by atoms with Crippen LogP contribution in [-0.2, 0) is 21.0 Å². The number of carboxylic acids is 1. The zero-order chi connectivity index (χ0) is 13.8. The number of carbonyl (C=O) groups excluding carboxylic acids is 1. The third-order valence-corrected chi connectivity index (χ3v) is 3.06. The minimum atomic E-state index is -1.16. The van der Waals surface area contributed by atoms with Crippen LogP contribution in [0.25, 0.3) is 0 Å². The Morgan fingerprint density at radius 1 is 1.53 bits per heavy atom. The van der Waals surface area contributed by atoms with Gasteiger partial charge in [-0.3, -0.25) is 4.79 Å². The van der Waals surface area contributed by atoms with Crippen molar-refractivity contribution in [3.05, 3.63) is 34.3 Å². The number of oxime groups is 1. The molecule has 1 aliphatic heterocycles. The maximum absolute atomic E-state index is 11.8. The number of hydrogen-bond acceptors (Lipinski definition) is 4. The fraction of sp³-hybridized carbons (Fsp3) is 0.250. The largest absolute Gasteiger partial charge is 0.477 e. The van der Waals surface area contributed by atoms with Crippen LogP contribution in [0, 0.1) is 0 Å². The van der Waals surface area contributed by atoms with Gasteiger partial charge in [0.05, 0.1) is 0 Å². The normalized spacial score (nSPS) is 17.5. The number of rotatable bonds is 4. The molecular formula is C12H11BrN2O4. The van der Waals surface area contributed by atoms with E-state index in [1.165, 1.54) is 0 Å². The van der Waals surface area contributed by atoms with Gasteiger partial charge in [0, 0.05) is 17.4 Å². The highest BCUT2D eigenvalue weighted by molar-refractivity contribution is 9.10. The van der Waals surface area contributed by atoms with Gasteiger partial charge < -0.3 is 15.3 Å². The number of benzene rings is 1. The number of nitrogens with one attached hydrogen (secondary N) is 1. The smallest absolute Gasteiger partial charge is 0.353 e. The Kier molecular flexibility index (Phi) is 4.16. The van der Waals surface area contributed by atoms with Crippen LogP contribution in [0.15, 0.2) is 33.9 Å². The monoisotopic (exact) mass is 326 g/mol. The predicted octanol–water partition coefficient (Wildman–Crippen LogP) is 1.29. The Hall–Kier alpha value is -1.89. The molecule has 1 atom stereocenters. The Labute approximate surface area is 117 Å². The lowest BCUT2D eigenvalue weighted by atomic mass is 10.1. The van der Waals surface area contributed by atoms with Crippen LogP contribution in [0.3, 0.4) is 0 Å². The summed E-state index contributed by atoms with van der Waals surface area (Å²) in [6.07, 6.45) is -0.877. The van der Waals surface area contributed by atoms with Crippen molar-refractivity contribution >= 4 is 33.5 Å². The average Bonchev–Trinajstić information content (AvgIpc) is 2.86. The minimum absolute atomic E-state index is 0.0142. The maximum atomic E-state index is 11.8. The van der Waals surface area contributed by atoms with E-state index in [9.17, 15) is 9.59 Å². The van der Waals surface area contributed by atoms with E-state index in [2.05, 4.69) is 26.4 Å². The number of halogens is 1. The van der Waals surface area contributed by atoms with Gasteiger partial charge in [-0.2, -0.15) is 0 Å². The molecular weight excluding hydrogens is 316 g/mol. The fourth-order valence-electron chi connectivity index (χ4n) is 1.59. The highest BCUT2D eigenvalue weighted by atomic mass is 79.9. The summed E-state index contributed by atoms with van der Waals surface area (Å²) in [7, 11) is 0. The second-order valence-corrected chi connectivity index (χ2v) is 4.90. The summed E-state index contributed by atoms with van der Waals surface area (Å²) in [5.74, 6) is -1.54. The molecule has 2 rings (SSSR count). The van der Waals surface area contributed by atoms with Crippen molar-refractivity contribution in [3.8, 4) is 0 Å². The van der Waals surface area contributed by atoms with E-state index in [0.717, 1.165) is 10.0 Å². The van der Waals surface area contributed by atoms with E-state index in [1.807, 2.05) is 24.3 Å². The molecule has 0 saturated heterocycles. The molecule has 1 amide bonds. The molecule has 7 heteroatoms. The van der Waals surface area contributed by atoms with E-state index in [4.69, 9.17) is 9.94 Å². The molecule has 6 nitrogen and oxygen atoms in total. The summed E-state index contributed by atoms with van der Waals surface area (Å²) in [5.41, 5.74) is 0.794. The SMILES string of the molecule is O=C(O)C1=NOC(C(=O)NCc2cccc(Br)c2)C1. The number of carboxylic acid groups (broad SMARTS) is 1. The van der Waals surface area contributed by atoms with Gasteiger partial charge in [-0.25, -0.2) is 4.79 Å². The standard InChI is InChI=1S/C12H11BrN2O4/c13-8-3-1-2-7(4-8)6-14-11(16)10-5-9(12(17)18)15-19-10/h1-4,10H,5-6H2,(H,14,16)(H,17,18). The second-order valence-electron chi connectivity index (χ2n) is 3.99. The molecule has 1 aromatic rings. The maximum Gasteiger partial charge on any atom is 0.353 e. The second kappa shape index (κ2) is 5.83. The first-order valence-corrected chi connectivity index (χ1v) is 6.33. The topological polar surface area (TPSA) is 88.0 Å². The molecule has 1 unspecified atom stereocenters. The number of hydrogen-bond donors (Lipinski definition) is 2. The summed E-state index contributed by atoms with van der Waals surface area (Å²) >= 11 is 3.34. The zero-order valence-corrected chi connectivity index (χ0v) is 11.4. The summed E-state index contributed by atoms with van der Waals surface area (Å²) in [6.45, 7) is 0.348. The first kappa shape index (κ1) is 13.5. The lowest BCUT2D eigenvalue weighted by molar-refractivity contribution is -0.131. The Balaban J connectivity index is 1.85. The Morgan fingerprint density at radius 3 is 2.95 bits per heavy atom. The van der Waals surface area contributed by atoms with Gasteiger partial charge in [-0.1, -0.05) is 33.2 Å². The third-order valence-electron chi connectivity index (χ3n) is 2.56. The van der Waals surface area contributed by atoms with Crippen LogP contribution >= 0.6 is 15.9 Å². The number of aliphatic carboxylic acids is 1. The fourth-order valence-corrected chi connectivity index (χ4v) is 2.04. The third kappa shape index (κ3) is 3.54. The van der Waals surface area contributed by atoms with Gasteiger partial charge in [-0.15, -0.1) is 0 Å². The number of nitrogens with zero attached hydrogens (tertiary/aromatic N) is 1. The molecule has 0 aliphatic carbocycles. The van der Waals surface area contributed by atoms with Crippen molar-refractivity contribution in [3.63, 3.8) is 0 Å². The minimum Gasteiger partial charge on any atom is -0.477 e. The van der Waals surface area contributed by atoms with Crippen LogP contribution < -0.4 is 5.32 Å². The van der Waals surface area contributed by atoms with E-state index < -0.39 is 12.1 Å². The van der Waals surface area contributed by atoms with Gasteiger partial charge in [0.15, 0.2) is 5.71 Å². The number of carbonyl (C=O) groups is 2. The van der Waals surface area contributed by atoms with E-state index >= 15 is 0 Å². The lowest BCUT2D eigenvalue weighted by Crippen LogP contribution is -2.34. The summed E-state index contributed by atoms with van der Waals surface area (Å²) in [4.78, 5) is 27.2. The van der Waals surface area contributed by atoms with Gasteiger partial charge in [0.25, 0.3) is 5.91 Å². The van der Waals surface area contributed by atoms with Crippen molar-refractivity contribution in [2.24, 2.45) is 5.16 Å². The van der Waals surface area contributed by atoms with Crippen LogP contribution in [0.1, 0.15) is 12.0 Å². The van der Waals surface area contributed by atoms with Crippen molar-refractivity contribution in [2.75, 3.05) is 0 Å². The molecule has 2 N–H and O–H groups in total. The van der Waals surface area contributed by atoms with Gasteiger partial charge in [0.2, 0.25) is 6.10 Å². The van der Waals surface area contributed by atoms with Gasteiger partial charge in [0.1, 0.15) is 0 Å². The lowest BCUT2D eigenvalue weighted by Gasteiger charge is -2.09. The summed E-state index contributed by atoms with van der Waals surface area (Å²) in [6, 6.07) is 7.51. The zero-order valence-electron chi connectivity index (χ0n) is 9.80. The van der Waals surface area contributed by atoms with Gasteiger partial charge in [-0.05, 0) is 17.7 Å². The number of amides is 1. The molecule has 0 spiro atoms. The van der Waals surface area contributed by atoms with Crippen molar-refractivity contribution in [1.29, 1.82) is 0 Å². The molecule has 0 radical (unpaired) electrons.